The number of halogens is 1. The molecule has 0 aromatic heterocycles. The van der Waals surface area contributed by atoms with Crippen molar-refractivity contribution in [3.63, 3.8) is 0 Å². The van der Waals surface area contributed by atoms with Crippen LogP contribution in [0.3, 0.4) is 0 Å². The van der Waals surface area contributed by atoms with E-state index in [0.29, 0.717) is 25.2 Å². The Hall–Kier alpha value is -1.34. The Morgan fingerprint density at radius 2 is 1.90 bits per heavy atom. The zero-order valence-corrected chi connectivity index (χ0v) is 12.6. The number of nitrogens with zero attached hydrogens (tertiary/aromatic N) is 1. The Labute approximate surface area is 122 Å². The van der Waals surface area contributed by atoms with E-state index in [1.807, 2.05) is 6.92 Å². The number of nitro groups is 1. The van der Waals surface area contributed by atoms with Gasteiger partial charge in [-0.1, -0.05) is 6.92 Å². The molecule has 0 saturated heterocycles. The van der Waals surface area contributed by atoms with Crippen LogP contribution in [0.4, 0.5) is 5.69 Å². The first-order valence-corrected chi connectivity index (χ1v) is 8.55. The van der Waals surface area contributed by atoms with Crippen molar-refractivity contribution in [3.05, 3.63) is 34.4 Å². The van der Waals surface area contributed by atoms with Crippen LogP contribution in [0.1, 0.15) is 19.8 Å². The monoisotopic (exact) mass is 321 g/mol. The Morgan fingerprint density at radius 3 is 2.40 bits per heavy atom. The number of ether oxygens (including phenoxy) is 1. The number of benzene rings is 1. The summed E-state index contributed by atoms with van der Waals surface area (Å²) >= 11 is 0. The molecule has 0 amide bonds. The molecule has 1 unspecified atom stereocenters. The number of hydrogen-bond acceptors (Lipinski definition) is 5. The van der Waals surface area contributed by atoms with E-state index in [0.717, 1.165) is 0 Å². The number of rotatable bonds is 8. The van der Waals surface area contributed by atoms with E-state index >= 15 is 0 Å². The molecule has 0 bridgehead atoms. The molecule has 112 valence electrons. The van der Waals surface area contributed by atoms with E-state index in [1.165, 1.54) is 24.3 Å². The van der Waals surface area contributed by atoms with Gasteiger partial charge in [-0.05, 0) is 30.9 Å². The van der Waals surface area contributed by atoms with Crippen molar-refractivity contribution in [3.8, 4) is 5.75 Å². The predicted molar refractivity (Wildman–Crippen MR) is 76.6 cm³/mol. The van der Waals surface area contributed by atoms with Gasteiger partial charge in [0.2, 0.25) is 9.05 Å². The molecule has 1 atom stereocenters. The molecule has 0 N–H and O–H groups in total. The summed E-state index contributed by atoms with van der Waals surface area (Å²) in [5.74, 6) is 0.669. The van der Waals surface area contributed by atoms with Crippen LogP contribution in [0, 0.1) is 16.0 Å². The third-order valence-electron chi connectivity index (χ3n) is 2.78. The predicted octanol–water partition coefficient (Wildman–Crippen LogP) is 2.96. The minimum Gasteiger partial charge on any atom is -0.494 e. The van der Waals surface area contributed by atoms with Crippen molar-refractivity contribution in [1.82, 2.24) is 0 Å². The molecular formula is C12H16ClNO5S. The van der Waals surface area contributed by atoms with Crippen molar-refractivity contribution >= 4 is 25.4 Å². The smallest absolute Gasteiger partial charge is 0.269 e. The Bertz CT molecular complexity index is 543. The van der Waals surface area contributed by atoms with Crippen LogP contribution in [0.15, 0.2) is 24.3 Å². The molecule has 0 spiro atoms. The van der Waals surface area contributed by atoms with Crippen molar-refractivity contribution < 1.29 is 18.1 Å². The molecule has 1 rings (SSSR count). The molecule has 0 aliphatic carbocycles. The van der Waals surface area contributed by atoms with Gasteiger partial charge in [0.05, 0.1) is 17.3 Å². The summed E-state index contributed by atoms with van der Waals surface area (Å²) in [5, 5.41) is 10.5. The Morgan fingerprint density at radius 1 is 1.30 bits per heavy atom. The maximum atomic E-state index is 10.8. The number of non-ortho nitro benzene ring substituents is 1. The summed E-state index contributed by atoms with van der Waals surface area (Å²) in [6.45, 7) is 2.34. The minimum atomic E-state index is -3.44. The summed E-state index contributed by atoms with van der Waals surface area (Å²) in [6, 6.07) is 5.82. The Kier molecular flexibility index (Phi) is 6.22. The SMILES string of the molecule is CC(CCOc1ccc([N+](=O)[O-])cc1)CCS(=O)(=O)Cl. The molecule has 0 heterocycles. The third-order valence-corrected chi connectivity index (χ3v) is 3.97. The van der Waals surface area contributed by atoms with Gasteiger partial charge < -0.3 is 4.74 Å². The zero-order valence-electron chi connectivity index (χ0n) is 11.0. The largest absolute Gasteiger partial charge is 0.494 e. The minimum absolute atomic E-state index is 0.0121. The topological polar surface area (TPSA) is 86.5 Å². The first kappa shape index (κ1) is 16.7. The Balaban J connectivity index is 2.31. The van der Waals surface area contributed by atoms with Crippen molar-refractivity contribution in [2.75, 3.05) is 12.4 Å². The van der Waals surface area contributed by atoms with E-state index in [-0.39, 0.29) is 17.4 Å². The van der Waals surface area contributed by atoms with E-state index in [2.05, 4.69) is 0 Å². The quantitative estimate of drug-likeness (QED) is 0.417. The van der Waals surface area contributed by atoms with Crippen molar-refractivity contribution in [1.29, 1.82) is 0 Å². The highest BCUT2D eigenvalue weighted by Gasteiger charge is 2.10. The normalized spacial score (nSPS) is 12.9. The number of hydrogen-bond donors (Lipinski definition) is 0. The van der Waals surface area contributed by atoms with Crippen LogP contribution in [0.25, 0.3) is 0 Å². The molecule has 1 aromatic rings. The van der Waals surface area contributed by atoms with E-state index in [1.54, 1.807) is 0 Å². The molecule has 6 nitrogen and oxygen atoms in total. The zero-order chi connectivity index (χ0) is 15.2. The second-order valence-electron chi connectivity index (χ2n) is 4.52. The van der Waals surface area contributed by atoms with Crippen LogP contribution in [-0.2, 0) is 9.05 Å². The van der Waals surface area contributed by atoms with E-state index in [4.69, 9.17) is 15.4 Å². The fraction of sp³-hybridized carbons (Fsp3) is 0.500. The molecule has 0 aliphatic rings. The summed E-state index contributed by atoms with van der Waals surface area (Å²) in [5.41, 5.74) is 0.0121. The average molecular weight is 322 g/mol. The number of nitro benzene ring substituents is 1. The van der Waals surface area contributed by atoms with Gasteiger partial charge in [-0.25, -0.2) is 8.42 Å². The van der Waals surface area contributed by atoms with Crippen LogP contribution in [0.2, 0.25) is 0 Å². The summed E-state index contributed by atoms with van der Waals surface area (Å²) in [4.78, 5) is 10.00. The molecule has 0 aliphatic heterocycles. The van der Waals surface area contributed by atoms with Crippen molar-refractivity contribution in [2.24, 2.45) is 5.92 Å². The summed E-state index contributed by atoms with van der Waals surface area (Å²) in [6.07, 6.45) is 1.17. The first-order valence-electron chi connectivity index (χ1n) is 6.07. The van der Waals surface area contributed by atoms with Gasteiger partial charge in [0, 0.05) is 22.8 Å². The van der Waals surface area contributed by atoms with Crippen molar-refractivity contribution in [2.45, 2.75) is 19.8 Å². The molecule has 8 heteroatoms. The van der Waals surface area contributed by atoms with Gasteiger partial charge >= 0.3 is 0 Å². The molecule has 0 saturated carbocycles. The highest BCUT2D eigenvalue weighted by Crippen LogP contribution is 2.18. The van der Waals surface area contributed by atoms with Gasteiger partial charge in [0.15, 0.2) is 0 Å². The van der Waals surface area contributed by atoms with Gasteiger partial charge in [-0.2, -0.15) is 0 Å². The van der Waals surface area contributed by atoms with Gasteiger partial charge in [-0.3, -0.25) is 10.1 Å². The third kappa shape index (κ3) is 6.72. The summed E-state index contributed by atoms with van der Waals surface area (Å²) < 4.78 is 27.0. The molecule has 0 radical (unpaired) electrons. The van der Waals surface area contributed by atoms with Crippen LogP contribution < -0.4 is 4.74 Å². The second-order valence-corrected chi connectivity index (χ2v) is 7.42. The van der Waals surface area contributed by atoms with Gasteiger partial charge in [0.25, 0.3) is 5.69 Å². The lowest BCUT2D eigenvalue weighted by Crippen LogP contribution is -2.08. The maximum absolute atomic E-state index is 10.8. The average Bonchev–Trinajstić information content (AvgIpc) is 2.36. The molecule has 1 aromatic carbocycles. The lowest BCUT2D eigenvalue weighted by molar-refractivity contribution is -0.384. The summed E-state index contributed by atoms with van der Waals surface area (Å²) in [7, 11) is 1.69. The highest BCUT2D eigenvalue weighted by molar-refractivity contribution is 8.13. The van der Waals surface area contributed by atoms with Crippen LogP contribution in [0.5, 0.6) is 5.75 Å². The van der Waals surface area contributed by atoms with E-state index < -0.39 is 14.0 Å². The van der Waals surface area contributed by atoms with Crippen LogP contribution >= 0.6 is 10.7 Å². The lowest BCUT2D eigenvalue weighted by atomic mass is 10.1. The fourth-order valence-corrected chi connectivity index (χ4v) is 2.48. The fourth-order valence-electron chi connectivity index (χ4n) is 1.53. The maximum Gasteiger partial charge on any atom is 0.269 e. The lowest BCUT2D eigenvalue weighted by Gasteiger charge is -2.11. The van der Waals surface area contributed by atoms with Gasteiger partial charge in [0.1, 0.15) is 5.75 Å². The molecule has 0 fully saturated rings. The first-order chi connectivity index (χ1) is 9.28. The molecular weight excluding hydrogens is 306 g/mol. The molecule has 20 heavy (non-hydrogen) atoms. The van der Waals surface area contributed by atoms with E-state index in [9.17, 15) is 18.5 Å². The van der Waals surface area contributed by atoms with Gasteiger partial charge in [-0.15, -0.1) is 0 Å². The second kappa shape index (κ2) is 7.44. The highest BCUT2D eigenvalue weighted by atomic mass is 35.7. The van der Waals surface area contributed by atoms with Crippen LogP contribution in [-0.4, -0.2) is 25.7 Å². The standard InChI is InChI=1S/C12H16ClNO5S/c1-10(7-9-20(13,17)18)6-8-19-12-4-2-11(3-5-12)14(15)16/h2-5,10H,6-9H2,1H3.